The van der Waals surface area contributed by atoms with Crippen LogP contribution in [0.1, 0.15) is 36.2 Å². The molecule has 0 spiro atoms. The average molecular weight is 265 g/mol. The fourth-order valence-electron chi connectivity index (χ4n) is 2.40. The molecule has 1 amide bonds. The molecule has 4 nitrogen and oxygen atoms in total. The van der Waals surface area contributed by atoms with E-state index >= 15 is 0 Å². The van der Waals surface area contributed by atoms with Gasteiger partial charge in [-0.2, -0.15) is 11.8 Å². The van der Waals surface area contributed by atoms with Crippen molar-refractivity contribution in [3.05, 3.63) is 24.0 Å². The van der Waals surface area contributed by atoms with E-state index in [2.05, 4.69) is 16.6 Å². The number of carbonyl (C=O) groups is 1. The van der Waals surface area contributed by atoms with Crippen LogP contribution in [0.25, 0.3) is 0 Å². The molecule has 3 N–H and O–H groups in total. The number of carbonyl (C=O) groups excluding carboxylic acids is 1. The molecule has 0 saturated heterocycles. The lowest BCUT2D eigenvalue weighted by Gasteiger charge is -2.26. The molecule has 1 aliphatic carbocycles. The Labute approximate surface area is 112 Å². The second-order valence-corrected chi connectivity index (χ2v) is 5.99. The Kier molecular flexibility index (Phi) is 4.11. The molecule has 0 aliphatic heterocycles. The molecule has 1 aromatic rings. The standard InChI is InChI=1S/C13H19N3OS/c1-18-13(6-2-3-7-13)9-16-12(17)11-10(14)5-4-8-15-11/h4-5,8H,2-3,6-7,9,14H2,1H3,(H,16,17). The van der Waals surface area contributed by atoms with Gasteiger partial charge in [0.25, 0.3) is 5.91 Å². The van der Waals surface area contributed by atoms with E-state index in [-0.39, 0.29) is 10.7 Å². The summed E-state index contributed by atoms with van der Waals surface area (Å²) in [6, 6.07) is 3.42. The first-order valence-electron chi connectivity index (χ1n) is 6.21. The Morgan fingerprint density at radius 1 is 1.56 bits per heavy atom. The number of hydrogen-bond acceptors (Lipinski definition) is 4. The van der Waals surface area contributed by atoms with Crippen LogP contribution in [0.4, 0.5) is 5.69 Å². The number of nitrogens with two attached hydrogens (primary N) is 1. The van der Waals surface area contributed by atoms with Gasteiger partial charge in [-0.25, -0.2) is 4.98 Å². The molecule has 0 unspecified atom stereocenters. The molecule has 1 aromatic heterocycles. The Bertz CT molecular complexity index is 430. The topological polar surface area (TPSA) is 68.0 Å². The van der Waals surface area contributed by atoms with Crippen molar-refractivity contribution in [1.82, 2.24) is 10.3 Å². The van der Waals surface area contributed by atoms with Crippen LogP contribution in [0.2, 0.25) is 0 Å². The molecule has 5 heteroatoms. The first kappa shape index (κ1) is 13.2. The third-order valence-electron chi connectivity index (χ3n) is 3.57. The predicted octanol–water partition coefficient (Wildman–Crippen LogP) is 2.07. The minimum atomic E-state index is -0.173. The number of amides is 1. The molecule has 98 valence electrons. The van der Waals surface area contributed by atoms with E-state index in [1.807, 2.05) is 11.8 Å². The quantitative estimate of drug-likeness (QED) is 0.874. The summed E-state index contributed by atoms with van der Waals surface area (Å²) in [5, 5.41) is 2.97. The zero-order valence-electron chi connectivity index (χ0n) is 10.6. The second kappa shape index (κ2) is 5.61. The number of thioether (sulfide) groups is 1. The van der Waals surface area contributed by atoms with Gasteiger partial charge >= 0.3 is 0 Å². The van der Waals surface area contributed by atoms with Gasteiger partial charge in [-0.1, -0.05) is 12.8 Å². The maximum Gasteiger partial charge on any atom is 0.272 e. The highest BCUT2D eigenvalue weighted by Gasteiger charge is 2.33. The molecule has 0 aromatic carbocycles. The van der Waals surface area contributed by atoms with Crippen LogP contribution in [-0.2, 0) is 0 Å². The minimum Gasteiger partial charge on any atom is -0.397 e. The molecule has 1 saturated carbocycles. The number of aromatic nitrogens is 1. The molecule has 2 rings (SSSR count). The molecular weight excluding hydrogens is 246 g/mol. The van der Waals surface area contributed by atoms with Crippen molar-refractivity contribution in [2.24, 2.45) is 0 Å². The lowest BCUT2D eigenvalue weighted by molar-refractivity contribution is 0.0945. The van der Waals surface area contributed by atoms with E-state index in [1.165, 1.54) is 25.7 Å². The monoisotopic (exact) mass is 265 g/mol. The van der Waals surface area contributed by atoms with Gasteiger partial charge in [-0.05, 0) is 31.2 Å². The van der Waals surface area contributed by atoms with Gasteiger partial charge in [0.2, 0.25) is 0 Å². The molecule has 0 bridgehead atoms. The van der Waals surface area contributed by atoms with Gasteiger partial charge in [-0.15, -0.1) is 0 Å². The smallest absolute Gasteiger partial charge is 0.272 e. The Hall–Kier alpha value is -1.23. The highest BCUT2D eigenvalue weighted by Crippen LogP contribution is 2.39. The second-order valence-electron chi connectivity index (χ2n) is 4.72. The summed E-state index contributed by atoms with van der Waals surface area (Å²) in [5.41, 5.74) is 6.50. The summed E-state index contributed by atoms with van der Waals surface area (Å²) in [4.78, 5) is 16.0. The van der Waals surface area contributed by atoms with Crippen molar-refractivity contribution in [2.75, 3.05) is 18.5 Å². The highest BCUT2D eigenvalue weighted by molar-refractivity contribution is 8.00. The van der Waals surface area contributed by atoms with Crippen LogP contribution in [0.15, 0.2) is 18.3 Å². The molecule has 0 radical (unpaired) electrons. The van der Waals surface area contributed by atoms with Crippen molar-refractivity contribution in [3.8, 4) is 0 Å². The zero-order valence-corrected chi connectivity index (χ0v) is 11.4. The van der Waals surface area contributed by atoms with Gasteiger partial charge in [0.05, 0.1) is 5.69 Å². The lowest BCUT2D eigenvalue weighted by atomic mass is 10.1. The van der Waals surface area contributed by atoms with Crippen LogP contribution in [-0.4, -0.2) is 28.4 Å². The molecule has 18 heavy (non-hydrogen) atoms. The van der Waals surface area contributed by atoms with Gasteiger partial charge in [0.15, 0.2) is 5.69 Å². The molecule has 1 aliphatic rings. The van der Waals surface area contributed by atoms with Gasteiger partial charge in [-0.3, -0.25) is 4.79 Å². The van der Waals surface area contributed by atoms with Crippen molar-refractivity contribution in [3.63, 3.8) is 0 Å². The number of nitrogen functional groups attached to an aromatic ring is 1. The van der Waals surface area contributed by atoms with Crippen LogP contribution in [0, 0.1) is 0 Å². The largest absolute Gasteiger partial charge is 0.397 e. The summed E-state index contributed by atoms with van der Waals surface area (Å²) < 4.78 is 0.208. The molecule has 1 heterocycles. The lowest BCUT2D eigenvalue weighted by Crippen LogP contribution is -2.38. The van der Waals surface area contributed by atoms with Crippen molar-refractivity contribution in [1.29, 1.82) is 0 Å². The Morgan fingerprint density at radius 3 is 2.89 bits per heavy atom. The predicted molar refractivity (Wildman–Crippen MR) is 75.7 cm³/mol. The van der Waals surface area contributed by atoms with E-state index < -0.39 is 0 Å². The van der Waals surface area contributed by atoms with Crippen LogP contribution < -0.4 is 11.1 Å². The third kappa shape index (κ3) is 2.77. The van der Waals surface area contributed by atoms with Crippen LogP contribution >= 0.6 is 11.8 Å². The Balaban J connectivity index is 1.98. The maximum atomic E-state index is 12.0. The van der Waals surface area contributed by atoms with E-state index in [4.69, 9.17) is 5.73 Å². The van der Waals surface area contributed by atoms with Gasteiger partial charge in [0, 0.05) is 17.5 Å². The first-order valence-corrected chi connectivity index (χ1v) is 7.43. The van der Waals surface area contributed by atoms with E-state index in [1.54, 1.807) is 18.3 Å². The number of pyridine rings is 1. The van der Waals surface area contributed by atoms with Crippen LogP contribution in [0.5, 0.6) is 0 Å². The SMILES string of the molecule is CSC1(CNC(=O)c2ncccc2N)CCCC1. The van der Waals surface area contributed by atoms with E-state index in [9.17, 15) is 4.79 Å². The van der Waals surface area contributed by atoms with Gasteiger partial charge < -0.3 is 11.1 Å². The maximum absolute atomic E-state index is 12.0. The highest BCUT2D eigenvalue weighted by atomic mass is 32.2. The number of hydrogen-bond donors (Lipinski definition) is 2. The van der Waals surface area contributed by atoms with Crippen molar-refractivity contribution < 1.29 is 4.79 Å². The average Bonchev–Trinajstić information content (AvgIpc) is 2.86. The fraction of sp³-hybridized carbons (Fsp3) is 0.538. The summed E-state index contributed by atoms with van der Waals surface area (Å²) in [7, 11) is 0. The normalized spacial score (nSPS) is 17.6. The Morgan fingerprint density at radius 2 is 2.28 bits per heavy atom. The molecule has 1 fully saturated rings. The van der Waals surface area contributed by atoms with Gasteiger partial charge in [0.1, 0.15) is 0 Å². The summed E-state index contributed by atoms with van der Waals surface area (Å²) in [6.45, 7) is 0.697. The molecular formula is C13H19N3OS. The van der Waals surface area contributed by atoms with Crippen molar-refractivity contribution >= 4 is 23.4 Å². The summed E-state index contributed by atoms with van der Waals surface area (Å²) in [6.07, 6.45) is 8.56. The number of rotatable bonds is 4. The fourth-order valence-corrected chi connectivity index (χ4v) is 3.32. The zero-order chi connectivity index (χ0) is 13.0. The minimum absolute atomic E-state index is 0.173. The number of nitrogens with one attached hydrogen (secondary N) is 1. The summed E-state index contributed by atoms with van der Waals surface area (Å²) >= 11 is 1.85. The number of nitrogens with zero attached hydrogens (tertiary/aromatic N) is 1. The summed E-state index contributed by atoms with van der Waals surface area (Å²) in [5.74, 6) is -0.173. The van der Waals surface area contributed by atoms with Crippen LogP contribution in [0.3, 0.4) is 0 Å². The molecule has 0 atom stereocenters. The third-order valence-corrected chi connectivity index (χ3v) is 4.99. The first-order chi connectivity index (χ1) is 8.67. The van der Waals surface area contributed by atoms with Crippen molar-refractivity contribution in [2.45, 2.75) is 30.4 Å². The number of anilines is 1. The van der Waals surface area contributed by atoms with E-state index in [0.29, 0.717) is 17.9 Å². The van der Waals surface area contributed by atoms with E-state index in [0.717, 1.165) is 0 Å².